The molecule has 1 aliphatic heterocycles. The number of allylic oxidation sites excluding steroid dienone is 1. The van der Waals surface area contributed by atoms with Crippen molar-refractivity contribution in [1.82, 2.24) is 0 Å². The average molecular weight is 402 g/mol. The van der Waals surface area contributed by atoms with Crippen LogP contribution in [0.4, 0.5) is 5.69 Å². The highest BCUT2D eigenvalue weighted by Gasteiger charge is 2.31. The van der Waals surface area contributed by atoms with Crippen LogP contribution in [0.3, 0.4) is 0 Å². The van der Waals surface area contributed by atoms with E-state index in [0.29, 0.717) is 12.8 Å². The monoisotopic (exact) mass is 401 g/mol. The van der Waals surface area contributed by atoms with E-state index in [-0.39, 0.29) is 23.9 Å². The van der Waals surface area contributed by atoms with Crippen molar-refractivity contribution < 1.29 is 19.4 Å². The molecular formula is C24H35NO4. The molecule has 0 aliphatic carbocycles. The van der Waals surface area contributed by atoms with Gasteiger partial charge in [0.05, 0.1) is 19.3 Å². The molecule has 1 aromatic rings. The SMILES string of the molecule is CCCCCC(=O)c1ccc(N2CCC(O)[C@@H]2C/C=C\CCCC(=O)OC)cc1. The number of hydrogen-bond donors (Lipinski definition) is 1. The highest BCUT2D eigenvalue weighted by molar-refractivity contribution is 5.96. The molecule has 0 spiro atoms. The molecule has 1 aliphatic rings. The summed E-state index contributed by atoms with van der Waals surface area (Å²) >= 11 is 0. The second-order valence-electron chi connectivity index (χ2n) is 7.72. The lowest BCUT2D eigenvalue weighted by molar-refractivity contribution is -0.140. The molecule has 0 bridgehead atoms. The van der Waals surface area contributed by atoms with Gasteiger partial charge < -0.3 is 14.7 Å². The van der Waals surface area contributed by atoms with E-state index in [1.54, 1.807) is 0 Å². The van der Waals surface area contributed by atoms with Crippen LogP contribution in [0.25, 0.3) is 0 Å². The summed E-state index contributed by atoms with van der Waals surface area (Å²) in [7, 11) is 1.41. The lowest BCUT2D eigenvalue weighted by atomic mass is 10.0. The van der Waals surface area contributed by atoms with E-state index in [2.05, 4.69) is 28.7 Å². The zero-order valence-corrected chi connectivity index (χ0v) is 17.8. The van der Waals surface area contributed by atoms with E-state index >= 15 is 0 Å². The van der Waals surface area contributed by atoms with Gasteiger partial charge in [-0.15, -0.1) is 0 Å². The summed E-state index contributed by atoms with van der Waals surface area (Å²) in [6, 6.07) is 7.86. The number of aliphatic hydroxyl groups excluding tert-OH is 1. The van der Waals surface area contributed by atoms with Crippen LogP contribution in [0.2, 0.25) is 0 Å². The van der Waals surface area contributed by atoms with Gasteiger partial charge in [-0.25, -0.2) is 0 Å². The summed E-state index contributed by atoms with van der Waals surface area (Å²) in [5.74, 6) is 0.0287. The first-order valence-electron chi connectivity index (χ1n) is 10.9. The number of rotatable bonds is 12. The summed E-state index contributed by atoms with van der Waals surface area (Å²) in [4.78, 5) is 25.6. The number of hydrogen-bond acceptors (Lipinski definition) is 5. The quantitative estimate of drug-likeness (QED) is 0.238. The van der Waals surface area contributed by atoms with Gasteiger partial charge in [0, 0.05) is 30.6 Å². The minimum atomic E-state index is -0.356. The van der Waals surface area contributed by atoms with Crippen LogP contribution < -0.4 is 4.90 Å². The second-order valence-corrected chi connectivity index (χ2v) is 7.72. The number of ether oxygens (including phenoxy) is 1. The highest BCUT2D eigenvalue weighted by Crippen LogP contribution is 2.28. The van der Waals surface area contributed by atoms with Crippen LogP contribution >= 0.6 is 0 Å². The Balaban J connectivity index is 1.88. The van der Waals surface area contributed by atoms with Crippen molar-refractivity contribution in [3.05, 3.63) is 42.0 Å². The largest absolute Gasteiger partial charge is 0.469 e. The van der Waals surface area contributed by atoms with Gasteiger partial charge in [0.15, 0.2) is 5.78 Å². The molecule has 160 valence electrons. The molecule has 1 unspecified atom stereocenters. The van der Waals surface area contributed by atoms with E-state index in [0.717, 1.165) is 62.7 Å². The molecule has 2 atom stereocenters. The molecule has 2 rings (SSSR count). The molecule has 1 fully saturated rings. The Hall–Kier alpha value is -2.14. The Labute approximate surface area is 174 Å². The Bertz CT molecular complexity index is 668. The molecule has 0 radical (unpaired) electrons. The second kappa shape index (κ2) is 12.4. The molecule has 5 heteroatoms. The fourth-order valence-corrected chi connectivity index (χ4v) is 3.78. The Morgan fingerprint density at radius 3 is 2.59 bits per heavy atom. The number of carbonyl (C=O) groups excluding carboxylic acids is 2. The summed E-state index contributed by atoms with van der Waals surface area (Å²) in [5.41, 5.74) is 1.82. The summed E-state index contributed by atoms with van der Waals surface area (Å²) in [6.45, 7) is 2.95. The number of esters is 1. The maximum Gasteiger partial charge on any atom is 0.305 e. The standard InChI is InChI=1S/C24H35NO4/c1-3-4-7-11-22(26)19-13-15-20(16-14-19)25-18-17-23(27)21(25)10-8-5-6-9-12-24(28)29-2/h5,8,13-16,21,23,27H,3-4,6-7,9-12,17-18H2,1-2H3/b8-5-/t21-,23?/m0/s1. The molecule has 5 nitrogen and oxygen atoms in total. The lowest BCUT2D eigenvalue weighted by Crippen LogP contribution is -2.34. The van der Waals surface area contributed by atoms with Crippen molar-refractivity contribution in [2.75, 3.05) is 18.6 Å². The number of ketones is 1. The van der Waals surface area contributed by atoms with Gasteiger partial charge in [-0.05, 0) is 56.4 Å². The summed E-state index contributed by atoms with van der Waals surface area (Å²) < 4.78 is 4.64. The maximum absolute atomic E-state index is 12.3. The van der Waals surface area contributed by atoms with Crippen molar-refractivity contribution in [3.63, 3.8) is 0 Å². The van der Waals surface area contributed by atoms with Gasteiger partial charge in [-0.2, -0.15) is 0 Å². The number of anilines is 1. The van der Waals surface area contributed by atoms with Crippen LogP contribution in [0.5, 0.6) is 0 Å². The van der Waals surface area contributed by atoms with Crippen LogP contribution in [-0.2, 0) is 9.53 Å². The first-order valence-corrected chi connectivity index (χ1v) is 10.9. The minimum absolute atomic E-state index is 0.0398. The number of carbonyl (C=O) groups is 2. The predicted molar refractivity (Wildman–Crippen MR) is 116 cm³/mol. The molecule has 1 heterocycles. The van der Waals surface area contributed by atoms with E-state index < -0.39 is 0 Å². The third-order valence-corrected chi connectivity index (χ3v) is 5.56. The number of unbranched alkanes of at least 4 members (excludes halogenated alkanes) is 3. The predicted octanol–water partition coefficient (Wildman–Crippen LogP) is 4.68. The van der Waals surface area contributed by atoms with Crippen molar-refractivity contribution in [2.45, 2.75) is 76.9 Å². The Morgan fingerprint density at radius 2 is 1.90 bits per heavy atom. The van der Waals surface area contributed by atoms with Crippen LogP contribution in [-0.4, -0.2) is 42.7 Å². The molecule has 1 N–H and O–H groups in total. The number of methoxy groups -OCH3 is 1. The topological polar surface area (TPSA) is 66.8 Å². The number of nitrogens with zero attached hydrogens (tertiary/aromatic N) is 1. The number of aliphatic hydroxyl groups is 1. The van der Waals surface area contributed by atoms with Gasteiger partial charge >= 0.3 is 5.97 Å². The van der Waals surface area contributed by atoms with E-state index in [1.807, 2.05) is 24.3 Å². The van der Waals surface area contributed by atoms with Gasteiger partial charge in [0.1, 0.15) is 0 Å². The number of benzene rings is 1. The minimum Gasteiger partial charge on any atom is -0.469 e. The molecule has 0 aromatic heterocycles. The molecule has 1 aromatic carbocycles. The van der Waals surface area contributed by atoms with E-state index in [9.17, 15) is 14.7 Å². The van der Waals surface area contributed by atoms with Gasteiger partial charge in [-0.1, -0.05) is 31.9 Å². The van der Waals surface area contributed by atoms with Crippen molar-refractivity contribution in [3.8, 4) is 0 Å². The van der Waals surface area contributed by atoms with Gasteiger partial charge in [0.25, 0.3) is 0 Å². The van der Waals surface area contributed by atoms with Crippen LogP contribution in [0.15, 0.2) is 36.4 Å². The average Bonchev–Trinajstić information content (AvgIpc) is 3.10. The van der Waals surface area contributed by atoms with Gasteiger partial charge in [-0.3, -0.25) is 9.59 Å². The first-order chi connectivity index (χ1) is 14.1. The Morgan fingerprint density at radius 1 is 1.14 bits per heavy atom. The van der Waals surface area contributed by atoms with Gasteiger partial charge in [0.2, 0.25) is 0 Å². The Kier molecular flexibility index (Phi) is 9.92. The lowest BCUT2D eigenvalue weighted by Gasteiger charge is -2.27. The normalized spacial score (nSPS) is 19.1. The highest BCUT2D eigenvalue weighted by atomic mass is 16.5. The summed E-state index contributed by atoms with van der Waals surface area (Å²) in [6.07, 6.45) is 11.1. The van der Waals surface area contributed by atoms with Crippen molar-refractivity contribution in [2.24, 2.45) is 0 Å². The zero-order valence-electron chi connectivity index (χ0n) is 17.8. The van der Waals surface area contributed by atoms with Crippen molar-refractivity contribution >= 4 is 17.4 Å². The fraction of sp³-hybridized carbons (Fsp3) is 0.583. The van der Waals surface area contributed by atoms with Crippen molar-refractivity contribution in [1.29, 1.82) is 0 Å². The molecule has 0 amide bonds. The van der Waals surface area contributed by atoms with E-state index in [1.165, 1.54) is 7.11 Å². The number of Topliss-reactive ketones (excluding diaryl/α,β-unsaturated/α-hetero) is 1. The first kappa shape index (κ1) is 23.1. The van der Waals surface area contributed by atoms with Crippen LogP contribution in [0, 0.1) is 0 Å². The van der Waals surface area contributed by atoms with Crippen LogP contribution in [0.1, 0.15) is 75.1 Å². The van der Waals surface area contributed by atoms with E-state index in [4.69, 9.17) is 0 Å². The third-order valence-electron chi connectivity index (χ3n) is 5.56. The molecule has 0 saturated carbocycles. The third kappa shape index (κ3) is 7.32. The molecule has 1 saturated heterocycles. The smallest absolute Gasteiger partial charge is 0.305 e. The zero-order chi connectivity index (χ0) is 21.1. The molecular weight excluding hydrogens is 366 g/mol. The fourth-order valence-electron chi connectivity index (χ4n) is 3.78. The summed E-state index contributed by atoms with van der Waals surface area (Å²) in [5, 5.41) is 10.4. The molecule has 29 heavy (non-hydrogen) atoms. The maximum atomic E-state index is 12.3.